The average molecular weight is 471 g/mol. The van der Waals surface area contributed by atoms with E-state index in [2.05, 4.69) is 69.0 Å². The molecular weight excluding hydrogens is 436 g/mol. The summed E-state index contributed by atoms with van der Waals surface area (Å²) >= 11 is 0. The molecule has 3 heterocycles. The van der Waals surface area contributed by atoms with Gasteiger partial charge in [-0.05, 0) is 26.7 Å². The van der Waals surface area contributed by atoms with Gasteiger partial charge in [0.1, 0.15) is 5.82 Å². The number of imidazole rings is 2. The normalized spacial score (nSPS) is 14.0. The smallest absolute Gasteiger partial charge is 0.227 e. The molecule has 0 atom stereocenters. The molecule has 1 fully saturated rings. The zero-order valence-electron chi connectivity index (χ0n) is 20.5. The number of fused-ring (bicyclic) bond motifs is 1. The molecule has 0 radical (unpaired) electrons. The summed E-state index contributed by atoms with van der Waals surface area (Å²) in [5.74, 6) is 2.36. The SMILES string of the molecule is C#C.CC(C)n1cnc2c(NCCc3cnc(-c4ccccc4)[nH]3)nc(NC3CCCCC3)nc21. The van der Waals surface area contributed by atoms with E-state index in [1.54, 1.807) is 0 Å². The number of anilines is 2. The summed E-state index contributed by atoms with van der Waals surface area (Å²) in [5, 5.41) is 7.08. The van der Waals surface area contributed by atoms with E-state index in [4.69, 9.17) is 9.97 Å². The second kappa shape index (κ2) is 11.5. The van der Waals surface area contributed by atoms with Crippen LogP contribution < -0.4 is 10.6 Å². The maximum atomic E-state index is 4.84. The molecule has 1 aliphatic carbocycles. The molecular formula is C27H34N8. The highest BCUT2D eigenvalue weighted by Crippen LogP contribution is 2.26. The highest BCUT2D eigenvalue weighted by atomic mass is 15.2. The predicted molar refractivity (Wildman–Crippen MR) is 142 cm³/mol. The fraction of sp³-hybridized carbons (Fsp3) is 0.407. The van der Waals surface area contributed by atoms with Crippen LogP contribution in [0.1, 0.15) is 57.7 Å². The highest BCUT2D eigenvalue weighted by Gasteiger charge is 2.18. The first-order chi connectivity index (χ1) is 17.2. The fourth-order valence-corrected chi connectivity index (χ4v) is 4.46. The molecule has 0 bridgehead atoms. The van der Waals surface area contributed by atoms with Crippen molar-refractivity contribution in [3.8, 4) is 24.2 Å². The maximum absolute atomic E-state index is 4.84. The van der Waals surface area contributed by atoms with Crippen LogP contribution in [0.25, 0.3) is 22.6 Å². The van der Waals surface area contributed by atoms with Gasteiger partial charge in [0.2, 0.25) is 5.95 Å². The molecule has 8 heteroatoms. The molecule has 1 aromatic carbocycles. The molecule has 0 saturated heterocycles. The van der Waals surface area contributed by atoms with E-state index in [-0.39, 0.29) is 6.04 Å². The van der Waals surface area contributed by atoms with Gasteiger partial charge in [-0.25, -0.2) is 9.97 Å². The molecule has 0 amide bonds. The molecule has 5 rings (SSSR count). The predicted octanol–water partition coefficient (Wildman–Crippen LogP) is 5.45. The van der Waals surface area contributed by atoms with Gasteiger partial charge >= 0.3 is 0 Å². The molecule has 3 N–H and O–H groups in total. The first-order valence-electron chi connectivity index (χ1n) is 12.3. The molecule has 0 aliphatic heterocycles. The van der Waals surface area contributed by atoms with Crippen molar-refractivity contribution in [2.24, 2.45) is 0 Å². The van der Waals surface area contributed by atoms with E-state index in [1.165, 1.54) is 32.1 Å². The number of aromatic amines is 1. The molecule has 8 nitrogen and oxygen atoms in total. The number of nitrogens with one attached hydrogen (secondary N) is 3. The van der Waals surface area contributed by atoms with Gasteiger partial charge in [-0.3, -0.25) is 0 Å². The van der Waals surface area contributed by atoms with Crippen LogP contribution in [0.5, 0.6) is 0 Å². The average Bonchev–Trinajstić information content (AvgIpc) is 3.54. The van der Waals surface area contributed by atoms with Crippen molar-refractivity contribution in [2.45, 2.75) is 64.5 Å². The molecule has 1 aliphatic rings. The number of nitrogens with zero attached hydrogens (tertiary/aromatic N) is 5. The van der Waals surface area contributed by atoms with Crippen LogP contribution in [-0.2, 0) is 6.42 Å². The van der Waals surface area contributed by atoms with E-state index in [1.807, 2.05) is 30.7 Å². The van der Waals surface area contributed by atoms with Crippen LogP contribution in [0.4, 0.5) is 11.8 Å². The number of terminal acetylenes is 1. The second-order valence-corrected chi connectivity index (χ2v) is 9.09. The summed E-state index contributed by atoms with van der Waals surface area (Å²) in [4.78, 5) is 22.2. The first kappa shape index (κ1) is 24.3. The lowest BCUT2D eigenvalue weighted by molar-refractivity contribution is 0.461. The van der Waals surface area contributed by atoms with E-state index in [0.717, 1.165) is 47.0 Å². The summed E-state index contributed by atoms with van der Waals surface area (Å²) < 4.78 is 2.11. The molecule has 0 unspecified atom stereocenters. The summed E-state index contributed by atoms with van der Waals surface area (Å²) in [7, 11) is 0. The second-order valence-electron chi connectivity index (χ2n) is 9.09. The third kappa shape index (κ3) is 5.80. The number of H-pyrrole nitrogens is 1. The maximum Gasteiger partial charge on any atom is 0.227 e. The Hall–Kier alpha value is -3.86. The van der Waals surface area contributed by atoms with Crippen LogP contribution in [0.3, 0.4) is 0 Å². The van der Waals surface area contributed by atoms with Crippen molar-refractivity contribution in [3.63, 3.8) is 0 Å². The molecule has 4 aromatic rings. The number of hydrogen-bond donors (Lipinski definition) is 3. The first-order valence-corrected chi connectivity index (χ1v) is 12.3. The molecule has 35 heavy (non-hydrogen) atoms. The Balaban J connectivity index is 0.00000141. The van der Waals surface area contributed by atoms with Crippen LogP contribution >= 0.6 is 0 Å². The van der Waals surface area contributed by atoms with E-state index in [0.29, 0.717) is 12.0 Å². The van der Waals surface area contributed by atoms with Gasteiger partial charge in [-0.15, -0.1) is 12.8 Å². The van der Waals surface area contributed by atoms with Gasteiger partial charge in [0.05, 0.1) is 6.33 Å². The minimum atomic E-state index is 0.279. The zero-order valence-corrected chi connectivity index (χ0v) is 20.5. The Morgan fingerprint density at radius 3 is 2.57 bits per heavy atom. The van der Waals surface area contributed by atoms with Crippen LogP contribution in [0.2, 0.25) is 0 Å². The number of rotatable bonds is 8. The number of benzene rings is 1. The monoisotopic (exact) mass is 470 g/mol. The lowest BCUT2D eigenvalue weighted by Gasteiger charge is -2.23. The van der Waals surface area contributed by atoms with Crippen molar-refractivity contribution in [1.29, 1.82) is 0 Å². The quantitative estimate of drug-likeness (QED) is 0.297. The standard InChI is InChI=1S/C25H32N8.C2H2/c1-17(2)33-16-28-21-23(31-25(32-24(21)33)30-19-11-7-4-8-12-19)26-14-13-20-15-27-22(29-20)18-9-5-3-6-10-18;1-2/h3,5-6,9-10,15-17,19H,4,7-8,11-14H2,1-2H3,(H,27,29)(H2,26,30,31,32);1-2H. The topological polar surface area (TPSA) is 96.3 Å². The van der Waals surface area contributed by atoms with Gasteiger partial charge < -0.3 is 20.2 Å². The van der Waals surface area contributed by atoms with Crippen molar-refractivity contribution >= 4 is 22.9 Å². The van der Waals surface area contributed by atoms with Crippen LogP contribution in [0.15, 0.2) is 42.9 Å². The van der Waals surface area contributed by atoms with Gasteiger partial charge in [0.25, 0.3) is 0 Å². The van der Waals surface area contributed by atoms with E-state index in [9.17, 15) is 0 Å². The molecule has 182 valence electrons. The third-order valence-electron chi connectivity index (χ3n) is 6.28. The van der Waals surface area contributed by atoms with Gasteiger partial charge in [-0.1, -0.05) is 49.6 Å². The number of aromatic nitrogens is 6. The summed E-state index contributed by atoms with van der Waals surface area (Å²) in [6.45, 7) is 5.01. The van der Waals surface area contributed by atoms with Gasteiger partial charge in [0.15, 0.2) is 17.0 Å². The largest absolute Gasteiger partial charge is 0.368 e. The van der Waals surface area contributed by atoms with E-state index >= 15 is 0 Å². The van der Waals surface area contributed by atoms with Crippen LogP contribution in [-0.4, -0.2) is 42.1 Å². The van der Waals surface area contributed by atoms with Crippen molar-refractivity contribution < 1.29 is 0 Å². The Labute approximate surface area is 207 Å². The minimum Gasteiger partial charge on any atom is -0.368 e. The van der Waals surface area contributed by atoms with Crippen molar-refractivity contribution in [1.82, 2.24) is 29.5 Å². The van der Waals surface area contributed by atoms with Gasteiger partial charge in [0, 0.05) is 42.5 Å². The Morgan fingerprint density at radius 2 is 1.83 bits per heavy atom. The van der Waals surface area contributed by atoms with Crippen molar-refractivity contribution in [2.75, 3.05) is 17.2 Å². The molecule has 1 saturated carbocycles. The van der Waals surface area contributed by atoms with Gasteiger partial charge in [-0.2, -0.15) is 9.97 Å². The van der Waals surface area contributed by atoms with Crippen molar-refractivity contribution in [3.05, 3.63) is 48.5 Å². The zero-order chi connectivity index (χ0) is 24.6. The summed E-state index contributed by atoms with van der Waals surface area (Å²) in [6, 6.07) is 10.9. The summed E-state index contributed by atoms with van der Waals surface area (Å²) in [6.07, 6.45) is 18.8. The van der Waals surface area contributed by atoms with Crippen LogP contribution in [0, 0.1) is 12.8 Å². The lowest BCUT2D eigenvalue weighted by Crippen LogP contribution is -2.24. The Bertz CT molecular complexity index is 1230. The fourth-order valence-electron chi connectivity index (χ4n) is 4.46. The summed E-state index contributed by atoms with van der Waals surface area (Å²) in [5.41, 5.74) is 3.85. The third-order valence-corrected chi connectivity index (χ3v) is 6.28. The Morgan fingerprint density at radius 1 is 1.06 bits per heavy atom. The van der Waals surface area contributed by atoms with E-state index < -0.39 is 0 Å². The highest BCUT2D eigenvalue weighted by molar-refractivity contribution is 5.84. The molecule has 0 spiro atoms. The minimum absolute atomic E-state index is 0.279. The number of hydrogen-bond acceptors (Lipinski definition) is 6. The lowest BCUT2D eigenvalue weighted by atomic mass is 9.96. The Kier molecular flexibility index (Phi) is 7.99. The molecule has 3 aromatic heterocycles.